The summed E-state index contributed by atoms with van der Waals surface area (Å²) < 4.78 is 1.70. The number of fused-ring (bicyclic) bond motifs is 1. The number of hydrogen-bond donors (Lipinski definition) is 1. The summed E-state index contributed by atoms with van der Waals surface area (Å²) in [4.78, 5) is 12.2. The molecule has 2 heterocycles. The van der Waals surface area contributed by atoms with Gasteiger partial charge in [-0.05, 0) is 60.6 Å². The summed E-state index contributed by atoms with van der Waals surface area (Å²) in [6, 6.07) is 10.5. The van der Waals surface area contributed by atoms with Crippen LogP contribution >= 0.6 is 0 Å². The molecule has 1 aliphatic heterocycles. The Morgan fingerprint density at radius 1 is 1.15 bits per heavy atom. The van der Waals surface area contributed by atoms with Crippen LogP contribution in [0.3, 0.4) is 0 Å². The molecule has 1 aliphatic rings. The van der Waals surface area contributed by atoms with E-state index in [9.17, 15) is 4.79 Å². The van der Waals surface area contributed by atoms with E-state index >= 15 is 0 Å². The second-order valence-electron chi connectivity index (χ2n) is 6.97. The third-order valence-electron chi connectivity index (χ3n) is 5.29. The fraction of sp³-hybridized carbons (Fsp3) is 0.286. The van der Waals surface area contributed by atoms with Crippen molar-refractivity contribution in [1.82, 2.24) is 20.3 Å². The minimum absolute atomic E-state index is 0.0496. The number of nitrogens with one attached hydrogen (secondary N) is 1. The lowest BCUT2D eigenvalue weighted by molar-refractivity contribution is 0.0945. The van der Waals surface area contributed by atoms with Gasteiger partial charge < -0.3 is 5.32 Å². The highest BCUT2D eigenvalue weighted by Gasteiger charge is 2.21. The molecule has 0 spiro atoms. The second-order valence-corrected chi connectivity index (χ2v) is 6.97. The minimum atomic E-state index is 0.0496. The molecule has 5 nitrogen and oxygen atoms in total. The number of aryl methyl sites for hydroxylation is 1. The van der Waals surface area contributed by atoms with Crippen LogP contribution in [-0.2, 0) is 19.9 Å². The molecule has 0 radical (unpaired) electrons. The number of nitrogens with zero attached hydrogens (tertiary/aromatic N) is 3. The van der Waals surface area contributed by atoms with E-state index in [4.69, 9.17) is 0 Å². The van der Waals surface area contributed by atoms with E-state index in [0.717, 1.165) is 36.2 Å². The maximum atomic E-state index is 12.2. The van der Waals surface area contributed by atoms with Crippen LogP contribution in [-0.4, -0.2) is 27.4 Å². The Labute approximate surface area is 153 Å². The first-order valence-electron chi connectivity index (χ1n) is 8.88. The van der Waals surface area contributed by atoms with Crippen LogP contribution in [0, 0.1) is 13.8 Å². The standard InChI is InChI=1S/C21H22N4O/c1-13-14(2)18-8-9-22-21(26)19(18)11-17(13)10-15-4-6-16(7-5-15)20-12-25(3)24-23-20/h4-7,11-12H,8-10H2,1-3H3,(H,22,26). The number of amides is 1. The quantitative estimate of drug-likeness (QED) is 0.793. The number of benzene rings is 2. The molecule has 0 atom stereocenters. The van der Waals surface area contributed by atoms with Crippen molar-refractivity contribution < 1.29 is 4.79 Å². The highest BCUT2D eigenvalue weighted by Crippen LogP contribution is 2.27. The van der Waals surface area contributed by atoms with E-state index in [1.165, 1.54) is 27.8 Å². The first-order valence-corrected chi connectivity index (χ1v) is 8.88. The summed E-state index contributed by atoms with van der Waals surface area (Å²) >= 11 is 0. The predicted molar refractivity (Wildman–Crippen MR) is 101 cm³/mol. The maximum Gasteiger partial charge on any atom is 0.251 e. The Hall–Kier alpha value is -2.95. The highest BCUT2D eigenvalue weighted by atomic mass is 16.1. The van der Waals surface area contributed by atoms with Crippen LogP contribution in [0.15, 0.2) is 36.5 Å². The minimum Gasteiger partial charge on any atom is -0.352 e. The number of aromatic nitrogens is 3. The zero-order valence-corrected chi connectivity index (χ0v) is 15.3. The number of carbonyl (C=O) groups is 1. The van der Waals surface area contributed by atoms with Crippen molar-refractivity contribution in [3.05, 3.63) is 69.9 Å². The molecule has 132 valence electrons. The van der Waals surface area contributed by atoms with Gasteiger partial charge >= 0.3 is 0 Å². The summed E-state index contributed by atoms with van der Waals surface area (Å²) in [5.74, 6) is 0.0496. The predicted octanol–water partition coefficient (Wildman–Crippen LogP) is 2.98. The summed E-state index contributed by atoms with van der Waals surface area (Å²) in [5.41, 5.74) is 8.94. The molecule has 1 amide bonds. The first kappa shape index (κ1) is 16.5. The molecule has 3 aromatic rings. The topological polar surface area (TPSA) is 59.8 Å². The van der Waals surface area contributed by atoms with E-state index in [1.54, 1.807) is 4.68 Å². The zero-order valence-electron chi connectivity index (χ0n) is 15.3. The Morgan fingerprint density at radius 3 is 2.62 bits per heavy atom. The third-order valence-corrected chi connectivity index (χ3v) is 5.29. The van der Waals surface area contributed by atoms with Crippen LogP contribution in [0.4, 0.5) is 0 Å². The van der Waals surface area contributed by atoms with Gasteiger partial charge in [0.05, 0.1) is 6.20 Å². The van der Waals surface area contributed by atoms with Crippen molar-refractivity contribution in [2.45, 2.75) is 26.7 Å². The van der Waals surface area contributed by atoms with E-state index < -0.39 is 0 Å². The van der Waals surface area contributed by atoms with Gasteiger partial charge in [0.1, 0.15) is 5.69 Å². The molecule has 0 saturated heterocycles. The van der Waals surface area contributed by atoms with Crippen LogP contribution in [0.1, 0.15) is 38.2 Å². The summed E-state index contributed by atoms with van der Waals surface area (Å²) in [6.45, 7) is 5.02. The largest absolute Gasteiger partial charge is 0.352 e. The van der Waals surface area contributed by atoms with Gasteiger partial charge in [0.2, 0.25) is 0 Å². The van der Waals surface area contributed by atoms with Gasteiger partial charge in [0.25, 0.3) is 5.91 Å². The molecule has 4 rings (SSSR count). The van der Waals surface area contributed by atoms with E-state index in [1.807, 2.05) is 13.2 Å². The Bertz CT molecular complexity index is 986. The van der Waals surface area contributed by atoms with Gasteiger partial charge in [0, 0.05) is 24.7 Å². The summed E-state index contributed by atoms with van der Waals surface area (Å²) in [5, 5.41) is 11.1. The normalized spacial score (nSPS) is 13.4. The average Bonchev–Trinajstić information content (AvgIpc) is 3.07. The smallest absolute Gasteiger partial charge is 0.251 e. The van der Waals surface area contributed by atoms with Crippen LogP contribution < -0.4 is 5.32 Å². The third kappa shape index (κ3) is 2.90. The lowest BCUT2D eigenvalue weighted by atomic mass is 9.87. The molecule has 0 bridgehead atoms. The van der Waals surface area contributed by atoms with E-state index in [2.05, 4.69) is 59.8 Å². The van der Waals surface area contributed by atoms with Gasteiger partial charge in [-0.15, -0.1) is 5.10 Å². The SMILES string of the molecule is Cc1c(Cc2ccc(-c3cn(C)nn3)cc2)cc2c(c1C)CCNC2=O. The summed E-state index contributed by atoms with van der Waals surface area (Å²) in [6.07, 6.45) is 3.64. The average molecular weight is 346 g/mol. The Balaban J connectivity index is 1.64. The fourth-order valence-electron chi connectivity index (χ4n) is 3.64. The van der Waals surface area contributed by atoms with Crippen molar-refractivity contribution in [2.75, 3.05) is 6.54 Å². The maximum absolute atomic E-state index is 12.2. The molecule has 0 fully saturated rings. The van der Waals surface area contributed by atoms with Gasteiger partial charge in [-0.25, -0.2) is 0 Å². The number of carbonyl (C=O) groups excluding carboxylic acids is 1. The molecule has 1 N–H and O–H groups in total. The molecule has 0 aliphatic carbocycles. The first-order chi connectivity index (χ1) is 12.5. The Kier molecular flexibility index (Phi) is 4.07. The lowest BCUT2D eigenvalue weighted by Crippen LogP contribution is -2.32. The van der Waals surface area contributed by atoms with Gasteiger partial charge in [-0.1, -0.05) is 29.5 Å². The number of rotatable bonds is 3. The van der Waals surface area contributed by atoms with Crippen molar-refractivity contribution in [2.24, 2.45) is 7.05 Å². The Morgan fingerprint density at radius 2 is 1.92 bits per heavy atom. The van der Waals surface area contributed by atoms with Crippen molar-refractivity contribution in [1.29, 1.82) is 0 Å². The molecule has 0 unspecified atom stereocenters. The molecule has 26 heavy (non-hydrogen) atoms. The number of hydrogen-bond acceptors (Lipinski definition) is 3. The highest BCUT2D eigenvalue weighted by molar-refractivity contribution is 5.97. The van der Waals surface area contributed by atoms with Crippen LogP contribution in [0.2, 0.25) is 0 Å². The monoisotopic (exact) mass is 346 g/mol. The van der Waals surface area contributed by atoms with Crippen molar-refractivity contribution in [3.63, 3.8) is 0 Å². The molecule has 1 aromatic heterocycles. The fourth-order valence-corrected chi connectivity index (χ4v) is 3.64. The second kappa shape index (κ2) is 6.41. The molecule has 0 saturated carbocycles. The van der Waals surface area contributed by atoms with Gasteiger partial charge in [0.15, 0.2) is 0 Å². The lowest BCUT2D eigenvalue weighted by Gasteiger charge is -2.22. The molecule has 5 heteroatoms. The van der Waals surface area contributed by atoms with Gasteiger partial charge in [-0.2, -0.15) is 0 Å². The van der Waals surface area contributed by atoms with E-state index in [0.29, 0.717) is 0 Å². The summed E-state index contributed by atoms with van der Waals surface area (Å²) in [7, 11) is 1.86. The molecular formula is C21H22N4O. The molecular weight excluding hydrogens is 324 g/mol. The van der Waals surface area contributed by atoms with Crippen LogP contribution in [0.25, 0.3) is 11.3 Å². The van der Waals surface area contributed by atoms with Crippen molar-refractivity contribution >= 4 is 5.91 Å². The van der Waals surface area contributed by atoms with Crippen LogP contribution in [0.5, 0.6) is 0 Å². The zero-order chi connectivity index (χ0) is 18.3. The van der Waals surface area contributed by atoms with Crippen molar-refractivity contribution in [3.8, 4) is 11.3 Å². The van der Waals surface area contributed by atoms with E-state index in [-0.39, 0.29) is 5.91 Å². The van der Waals surface area contributed by atoms with Gasteiger partial charge in [-0.3, -0.25) is 9.48 Å². The molecule has 2 aromatic carbocycles.